The van der Waals surface area contributed by atoms with Crippen LogP contribution in [0.3, 0.4) is 0 Å². The fourth-order valence-electron chi connectivity index (χ4n) is 3.28. The molecule has 0 atom stereocenters. The molecule has 0 unspecified atom stereocenters. The van der Waals surface area contributed by atoms with Gasteiger partial charge >= 0.3 is 0 Å². The zero-order valence-corrected chi connectivity index (χ0v) is 17.7. The molecular formula is C20H31N5OS. The van der Waals surface area contributed by atoms with E-state index in [1.165, 1.54) is 4.88 Å². The van der Waals surface area contributed by atoms with Crippen LogP contribution in [0.15, 0.2) is 33.1 Å². The average Bonchev–Trinajstić information content (AvgIpc) is 3.32. The van der Waals surface area contributed by atoms with Gasteiger partial charge in [0, 0.05) is 55.6 Å². The van der Waals surface area contributed by atoms with E-state index < -0.39 is 0 Å². The molecule has 0 spiro atoms. The summed E-state index contributed by atoms with van der Waals surface area (Å²) in [5, 5.41) is 9.72. The fraction of sp³-hybridized carbons (Fsp3) is 0.600. The maximum absolute atomic E-state index is 5.18. The minimum absolute atomic E-state index is 0.0570. The van der Waals surface area contributed by atoms with Crippen molar-refractivity contribution in [1.29, 1.82) is 0 Å². The van der Waals surface area contributed by atoms with E-state index in [2.05, 4.69) is 58.6 Å². The molecule has 1 saturated heterocycles. The molecule has 3 heterocycles. The first-order chi connectivity index (χ1) is 13.0. The molecule has 0 bridgehead atoms. The minimum atomic E-state index is 0.0570. The predicted octanol–water partition coefficient (Wildman–Crippen LogP) is 3.11. The number of aryl methyl sites for hydroxylation is 1. The third-order valence-corrected chi connectivity index (χ3v) is 6.12. The number of aromatic nitrogens is 1. The van der Waals surface area contributed by atoms with Crippen molar-refractivity contribution >= 4 is 17.3 Å². The van der Waals surface area contributed by atoms with E-state index in [0.29, 0.717) is 0 Å². The molecule has 6 nitrogen and oxygen atoms in total. The molecule has 27 heavy (non-hydrogen) atoms. The van der Waals surface area contributed by atoms with Gasteiger partial charge in [0.15, 0.2) is 5.96 Å². The Balaban J connectivity index is 1.57. The SMILES string of the molecule is CCNC(=NCC(C)(C)c1cccs1)N1CCN(Cc2cc(C)on2)CC1. The molecule has 0 amide bonds. The summed E-state index contributed by atoms with van der Waals surface area (Å²) in [6.45, 7) is 15.1. The summed E-state index contributed by atoms with van der Waals surface area (Å²) >= 11 is 1.81. The van der Waals surface area contributed by atoms with Crippen molar-refractivity contribution < 1.29 is 4.52 Å². The number of piperazine rings is 1. The summed E-state index contributed by atoms with van der Waals surface area (Å²) in [6.07, 6.45) is 0. The first-order valence-corrected chi connectivity index (χ1v) is 10.6. The molecule has 2 aromatic rings. The van der Waals surface area contributed by atoms with Crippen molar-refractivity contribution in [2.75, 3.05) is 39.3 Å². The lowest BCUT2D eigenvalue weighted by Gasteiger charge is -2.36. The number of rotatable bonds is 6. The zero-order chi connectivity index (χ0) is 19.3. The summed E-state index contributed by atoms with van der Waals surface area (Å²) in [7, 11) is 0. The predicted molar refractivity (Wildman–Crippen MR) is 111 cm³/mol. The normalized spacial score (nSPS) is 16.7. The molecule has 7 heteroatoms. The Hall–Kier alpha value is -1.86. The second-order valence-corrected chi connectivity index (χ2v) is 8.67. The van der Waals surface area contributed by atoms with Crippen molar-refractivity contribution in [3.8, 4) is 0 Å². The van der Waals surface area contributed by atoms with E-state index in [1.54, 1.807) is 0 Å². The summed E-state index contributed by atoms with van der Waals surface area (Å²) in [6, 6.07) is 6.34. The van der Waals surface area contributed by atoms with Gasteiger partial charge in [-0.2, -0.15) is 0 Å². The Kier molecular flexibility index (Phi) is 6.55. The molecule has 0 saturated carbocycles. The third kappa shape index (κ3) is 5.32. The third-order valence-electron chi connectivity index (χ3n) is 4.88. The van der Waals surface area contributed by atoms with Crippen LogP contribution in [-0.2, 0) is 12.0 Å². The Bertz CT molecular complexity index is 729. The van der Waals surface area contributed by atoms with E-state index in [-0.39, 0.29) is 5.41 Å². The molecule has 1 aliphatic heterocycles. The van der Waals surface area contributed by atoms with Crippen LogP contribution in [0, 0.1) is 6.92 Å². The summed E-state index contributed by atoms with van der Waals surface area (Å²) < 4.78 is 5.18. The number of nitrogens with zero attached hydrogens (tertiary/aromatic N) is 4. The first-order valence-electron chi connectivity index (χ1n) is 9.70. The van der Waals surface area contributed by atoms with Crippen LogP contribution in [0.25, 0.3) is 0 Å². The molecule has 2 aromatic heterocycles. The Labute approximate surface area is 166 Å². The van der Waals surface area contributed by atoms with Crippen LogP contribution in [0.2, 0.25) is 0 Å². The molecule has 1 fully saturated rings. The maximum atomic E-state index is 5.18. The van der Waals surface area contributed by atoms with Gasteiger partial charge < -0.3 is 14.7 Å². The van der Waals surface area contributed by atoms with Gasteiger partial charge in [0.25, 0.3) is 0 Å². The van der Waals surface area contributed by atoms with Crippen LogP contribution in [0.4, 0.5) is 0 Å². The number of aliphatic imine (C=N–C) groups is 1. The van der Waals surface area contributed by atoms with E-state index in [9.17, 15) is 0 Å². The molecule has 3 rings (SSSR count). The van der Waals surface area contributed by atoms with E-state index >= 15 is 0 Å². The first kappa shape index (κ1) is 19.9. The van der Waals surface area contributed by atoms with Gasteiger partial charge in [-0.3, -0.25) is 9.89 Å². The highest BCUT2D eigenvalue weighted by molar-refractivity contribution is 7.10. The number of thiophene rings is 1. The average molecular weight is 390 g/mol. The van der Waals surface area contributed by atoms with Gasteiger partial charge in [-0.1, -0.05) is 25.1 Å². The Morgan fingerprint density at radius 1 is 1.33 bits per heavy atom. The summed E-state index contributed by atoms with van der Waals surface area (Å²) in [5.74, 6) is 1.90. The quantitative estimate of drug-likeness (QED) is 0.608. The number of guanidine groups is 1. The van der Waals surface area contributed by atoms with Gasteiger partial charge in [0.2, 0.25) is 0 Å². The van der Waals surface area contributed by atoms with Crippen LogP contribution >= 0.6 is 11.3 Å². The molecule has 0 aromatic carbocycles. The number of nitrogens with one attached hydrogen (secondary N) is 1. The van der Waals surface area contributed by atoms with Gasteiger partial charge in [0.05, 0.1) is 12.2 Å². The maximum Gasteiger partial charge on any atom is 0.194 e. The molecule has 0 radical (unpaired) electrons. The van der Waals surface area contributed by atoms with Crippen molar-refractivity contribution in [3.63, 3.8) is 0 Å². The second-order valence-electron chi connectivity index (χ2n) is 7.72. The largest absolute Gasteiger partial charge is 0.361 e. The minimum Gasteiger partial charge on any atom is -0.361 e. The van der Waals surface area contributed by atoms with Gasteiger partial charge in [-0.15, -0.1) is 11.3 Å². The standard InChI is InChI=1S/C20H31N5OS/c1-5-21-19(22-15-20(3,4)18-7-6-12-27-18)25-10-8-24(9-11-25)14-17-13-16(2)26-23-17/h6-7,12-13H,5,8-11,14-15H2,1-4H3,(H,21,22). The van der Waals surface area contributed by atoms with Gasteiger partial charge in [-0.05, 0) is 25.3 Å². The van der Waals surface area contributed by atoms with Crippen molar-refractivity contribution in [3.05, 3.63) is 39.9 Å². The smallest absolute Gasteiger partial charge is 0.194 e. The van der Waals surface area contributed by atoms with Crippen LogP contribution in [0.1, 0.15) is 37.1 Å². The lowest BCUT2D eigenvalue weighted by molar-refractivity contribution is 0.169. The highest BCUT2D eigenvalue weighted by Crippen LogP contribution is 2.27. The molecule has 1 N–H and O–H groups in total. The highest BCUT2D eigenvalue weighted by atomic mass is 32.1. The zero-order valence-electron chi connectivity index (χ0n) is 16.9. The van der Waals surface area contributed by atoms with Crippen LogP contribution in [0.5, 0.6) is 0 Å². The number of hydrogen-bond donors (Lipinski definition) is 1. The highest BCUT2D eigenvalue weighted by Gasteiger charge is 2.24. The van der Waals surface area contributed by atoms with Crippen molar-refractivity contribution in [2.45, 2.75) is 39.7 Å². The van der Waals surface area contributed by atoms with E-state index in [1.807, 2.05) is 24.3 Å². The Morgan fingerprint density at radius 2 is 2.11 bits per heavy atom. The Morgan fingerprint density at radius 3 is 2.70 bits per heavy atom. The van der Waals surface area contributed by atoms with E-state index in [0.717, 1.165) is 63.2 Å². The molecular weight excluding hydrogens is 358 g/mol. The molecule has 0 aliphatic carbocycles. The van der Waals surface area contributed by atoms with Crippen LogP contribution < -0.4 is 5.32 Å². The van der Waals surface area contributed by atoms with Crippen molar-refractivity contribution in [1.82, 2.24) is 20.3 Å². The topological polar surface area (TPSA) is 56.9 Å². The molecule has 148 valence electrons. The molecule has 1 aliphatic rings. The van der Waals surface area contributed by atoms with E-state index in [4.69, 9.17) is 9.52 Å². The lowest BCUT2D eigenvalue weighted by Crippen LogP contribution is -2.52. The monoisotopic (exact) mass is 389 g/mol. The summed E-state index contributed by atoms with van der Waals surface area (Å²) in [5.41, 5.74) is 1.07. The van der Waals surface area contributed by atoms with Gasteiger partial charge in [0.1, 0.15) is 5.76 Å². The lowest BCUT2D eigenvalue weighted by atomic mass is 9.92. The van der Waals surface area contributed by atoms with Crippen molar-refractivity contribution in [2.24, 2.45) is 4.99 Å². The summed E-state index contributed by atoms with van der Waals surface area (Å²) in [4.78, 5) is 11.2. The number of hydrogen-bond acceptors (Lipinski definition) is 5. The van der Waals surface area contributed by atoms with Crippen LogP contribution in [-0.4, -0.2) is 60.2 Å². The second kappa shape index (κ2) is 8.89. The fourth-order valence-corrected chi connectivity index (χ4v) is 4.12. The van der Waals surface area contributed by atoms with Gasteiger partial charge in [-0.25, -0.2) is 0 Å².